The Bertz CT molecular complexity index is 639. The Morgan fingerprint density at radius 2 is 2.04 bits per heavy atom. The van der Waals surface area contributed by atoms with Crippen molar-refractivity contribution in [1.29, 1.82) is 0 Å². The second-order valence-corrected chi connectivity index (χ2v) is 6.70. The predicted molar refractivity (Wildman–Crippen MR) is 95.0 cm³/mol. The Morgan fingerprint density at radius 3 is 2.73 bits per heavy atom. The quantitative estimate of drug-likeness (QED) is 0.693. The third-order valence-corrected chi connectivity index (χ3v) is 4.54. The van der Waals surface area contributed by atoms with Crippen LogP contribution in [0.4, 0.5) is 0 Å². The van der Waals surface area contributed by atoms with Crippen LogP contribution in [0.25, 0.3) is 0 Å². The Balaban J connectivity index is 1.45. The highest BCUT2D eigenvalue weighted by Crippen LogP contribution is 2.29. The number of rotatable bonds is 9. The molecule has 7 heteroatoms. The molecular formula is C19H26N2O5. The molecular weight excluding hydrogens is 336 g/mol. The molecule has 1 aliphatic carbocycles. The molecule has 0 spiro atoms. The van der Waals surface area contributed by atoms with Crippen LogP contribution in [0.3, 0.4) is 0 Å². The van der Waals surface area contributed by atoms with Crippen molar-refractivity contribution in [2.75, 3.05) is 26.9 Å². The zero-order valence-corrected chi connectivity index (χ0v) is 15.1. The SMILES string of the molecule is COc1cc(CNC(=O)CNC(=O)C2CC2)ccc1OCC1CCCO1. The molecule has 142 valence electrons. The van der Waals surface area contributed by atoms with Gasteiger partial charge in [-0.05, 0) is 43.4 Å². The number of ether oxygens (including phenoxy) is 3. The summed E-state index contributed by atoms with van der Waals surface area (Å²) in [6, 6.07) is 5.56. The number of hydrogen-bond donors (Lipinski definition) is 2. The maximum absolute atomic E-state index is 11.8. The van der Waals surface area contributed by atoms with Gasteiger partial charge in [0.2, 0.25) is 11.8 Å². The smallest absolute Gasteiger partial charge is 0.239 e. The molecule has 1 aliphatic heterocycles. The zero-order chi connectivity index (χ0) is 18.4. The maximum atomic E-state index is 11.8. The van der Waals surface area contributed by atoms with Crippen LogP contribution < -0.4 is 20.1 Å². The van der Waals surface area contributed by atoms with E-state index in [1.54, 1.807) is 7.11 Å². The van der Waals surface area contributed by atoms with Crippen LogP contribution >= 0.6 is 0 Å². The number of methoxy groups -OCH3 is 1. The fourth-order valence-electron chi connectivity index (χ4n) is 2.82. The molecule has 2 N–H and O–H groups in total. The number of hydrogen-bond acceptors (Lipinski definition) is 5. The van der Waals surface area contributed by atoms with Gasteiger partial charge in [-0.25, -0.2) is 0 Å². The topological polar surface area (TPSA) is 85.9 Å². The molecule has 1 aromatic carbocycles. The lowest BCUT2D eigenvalue weighted by Gasteiger charge is -2.15. The van der Waals surface area contributed by atoms with Crippen molar-refractivity contribution in [3.63, 3.8) is 0 Å². The number of carbonyl (C=O) groups is 2. The standard InChI is InChI=1S/C19H26N2O5/c1-24-17-9-13(4-7-16(17)26-12-15-3-2-8-25-15)10-20-18(22)11-21-19(23)14-5-6-14/h4,7,9,14-15H,2-3,5-6,8,10-12H2,1H3,(H,20,22)(H,21,23). The first-order valence-electron chi connectivity index (χ1n) is 9.11. The Labute approximate surface area is 153 Å². The van der Waals surface area contributed by atoms with Crippen molar-refractivity contribution in [1.82, 2.24) is 10.6 Å². The highest BCUT2D eigenvalue weighted by Gasteiger charge is 2.29. The van der Waals surface area contributed by atoms with Crippen LogP contribution in [0.2, 0.25) is 0 Å². The number of carbonyl (C=O) groups excluding carboxylic acids is 2. The number of benzene rings is 1. The molecule has 1 saturated carbocycles. The summed E-state index contributed by atoms with van der Waals surface area (Å²) in [6.07, 6.45) is 4.09. The van der Waals surface area contributed by atoms with Crippen LogP contribution in [0.15, 0.2) is 18.2 Å². The summed E-state index contributed by atoms with van der Waals surface area (Å²) in [5.41, 5.74) is 0.896. The summed E-state index contributed by atoms with van der Waals surface area (Å²) in [6.45, 7) is 1.67. The molecule has 2 aliphatic rings. The van der Waals surface area contributed by atoms with E-state index in [2.05, 4.69) is 10.6 Å². The predicted octanol–water partition coefficient (Wildman–Crippen LogP) is 1.40. The van der Waals surface area contributed by atoms with E-state index in [9.17, 15) is 9.59 Å². The van der Waals surface area contributed by atoms with Gasteiger partial charge in [0, 0.05) is 19.1 Å². The summed E-state index contributed by atoms with van der Waals surface area (Å²) < 4.78 is 16.7. The van der Waals surface area contributed by atoms with Gasteiger partial charge >= 0.3 is 0 Å². The summed E-state index contributed by atoms with van der Waals surface area (Å²) in [5.74, 6) is 1.15. The second-order valence-electron chi connectivity index (χ2n) is 6.70. The Kier molecular flexibility index (Phi) is 6.33. The summed E-state index contributed by atoms with van der Waals surface area (Å²) in [5, 5.41) is 5.44. The maximum Gasteiger partial charge on any atom is 0.239 e. The first kappa shape index (κ1) is 18.5. The molecule has 26 heavy (non-hydrogen) atoms. The van der Waals surface area contributed by atoms with Gasteiger partial charge in [-0.15, -0.1) is 0 Å². The van der Waals surface area contributed by atoms with Crippen LogP contribution in [0.5, 0.6) is 11.5 Å². The van der Waals surface area contributed by atoms with E-state index in [1.165, 1.54) is 0 Å². The van der Waals surface area contributed by atoms with E-state index in [-0.39, 0.29) is 30.4 Å². The number of amides is 2. The minimum absolute atomic E-state index is 0.00898. The van der Waals surface area contributed by atoms with Crippen LogP contribution in [-0.4, -0.2) is 44.8 Å². The lowest BCUT2D eigenvalue weighted by molar-refractivity contribution is -0.126. The summed E-state index contributed by atoms with van der Waals surface area (Å²) >= 11 is 0. The monoisotopic (exact) mass is 362 g/mol. The van der Waals surface area contributed by atoms with Crippen molar-refractivity contribution >= 4 is 11.8 Å². The van der Waals surface area contributed by atoms with Gasteiger partial charge in [0.05, 0.1) is 19.8 Å². The third kappa shape index (κ3) is 5.36. The molecule has 3 rings (SSSR count). The van der Waals surface area contributed by atoms with Crippen molar-refractivity contribution in [3.8, 4) is 11.5 Å². The van der Waals surface area contributed by atoms with Gasteiger partial charge in [-0.1, -0.05) is 6.07 Å². The lowest BCUT2D eigenvalue weighted by atomic mass is 10.2. The van der Waals surface area contributed by atoms with Gasteiger partial charge in [-0.2, -0.15) is 0 Å². The summed E-state index contributed by atoms with van der Waals surface area (Å²) in [4.78, 5) is 23.4. The van der Waals surface area contributed by atoms with Crippen LogP contribution in [0, 0.1) is 5.92 Å². The van der Waals surface area contributed by atoms with Crippen molar-refractivity contribution in [2.45, 2.75) is 38.3 Å². The van der Waals surface area contributed by atoms with E-state index >= 15 is 0 Å². The van der Waals surface area contributed by atoms with Gasteiger partial charge in [0.15, 0.2) is 11.5 Å². The Hall–Kier alpha value is -2.28. The van der Waals surface area contributed by atoms with Gasteiger partial charge in [-0.3, -0.25) is 9.59 Å². The fraction of sp³-hybridized carbons (Fsp3) is 0.579. The molecule has 1 aromatic rings. The normalized spacial score (nSPS) is 19.0. The minimum Gasteiger partial charge on any atom is -0.493 e. The molecule has 1 unspecified atom stereocenters. The molecule has 1 atom stereocenters. The molecule has 1 heterocycles. The van der Waals surface area contributed by atoms with E-state index in [0.717, 1.165) is 37.9 Å². The molecule has 1 saturated heterocycles. The van der Waals surface area contributed by atoms with Crippen molar-refractivity contribution < 1.29 is 23.8 Å². The minimum atomic E-state index is -0.211. The second kappa shape index (κ2) is 8.89. The van der Waals surface area contributed by atoms with E-state index in [0.29, 0.717) is 24.7 Å². The highest BCUT2D eigenvalue weighted by atomic mass is 16.5. The third-order valence-electron chi connectivity index (χ3n) is 4.54. The average Bonchev–Trinajstić information content (AvgIpc) is 3.39. The molecule has 0 radical (unpaired) electrons. The van der Waals surface area contributed by atoms with Crippen molar-refractivity contribution in [2.24, 2.45) is 5.92 Å². The van der Waals surface area contributed by atoms with Gasteiger partial charge in [0.1, 0.15) is 6.61 Å². The molecule has 0 bridgehead atoms. The summed E-state index contributed by atoms with van der Waals surface area (Å²) in [7, 11) is 1.59. The molecule has 7 nitrogen and oxygen atoms in total. The van der Waals surface area contributed by atoms with Crippen LogP contribution in [0.1, 0.15) is 31.2 Å². The van der Waals surface area contributed by atoms with Gasteiger partial charge < -0.3 is 24.8 Å². The van der Waals surface area contributed by atoms with Gasteiger partial charge in [0.25, 0.3) is 0 Å². The molecule has 2 amide bonds. The first-order valence-corrected chi connectivity index (χ1v) is 9.11. The Morgan fingerprint density at radius 1 is 1.19 bits per heavy atom. The first-order chi connectivity index (χ1) is 12.7. The zero-order valence-electron chi connectivity index (χ0n) is 15.1. The number of nitrogens with one attached hydrogen (secondary N) is 2. The van der Waals surface area contributed by atoms with Crippen molar-refractivity contribution in [3.05, 3.63) is 23.8 Å². The fourth-order valence-corrected chi connectivity index (χ4v) is 2.82. The highest BCUT2D eigenvalue weighted by molar-refractivity contribution is 5.86. The lowest BCUT2D eigenvalue weighted by Crippen LogP contribution is -2.37. The van der Waals surface area contributed by atoms with E-state index in [4.69, 9.17) is 14.2 Å². The molecule has 2 fully saturated rings. The largest absolute Gasteiger partial charge is 0.493 e. The van der Waals surface area contributed by atoms with E-state index in [1.807, 2.05) is 18.2 Å². The van der Waals surface area contributed by atoms with Crippen LogP contribution in [-0.2, 0) is 20.9 Å². The average molecular weight is 362 g/mol. The van der Waals surface area contributed by atoms with E-state index < -0.39 is 0 Å². The molecule has 0 aromatic heterocycles.